The summed E-state index contributed by atoms with van der Waals surface area (Å²) in [6, 6.07) is 2.43. The van der Waals surface area contributed by atoms with Crippen LogP contribution in [0, 0.1) is 12.7 Å². The van der Waals surface area contributed by atoms with Gasteiger partial charge in [-0.25, -0.2) is 9.37 Å². The van der Waals surface area contributed by atoms with Crippen molar-refractivity contribution in [2.75, 3.05) is 23.8 Å². The van der Waals surface area contributed by atoms with Gasteiger partial charge in [0.2, 0.25) is 0 Å². The SMILES string of the molecule is Cc1cncc(Nc2nc(NC3CCOCC3N)c(F)cc2C(N)=O)c1. The monoisotopic (exact) mass is 360 g/mol. The van der Waals surface area contributed by atoms with Gasteiger partial charge in [0.25, 0.3) is 5.91 Å². The van der Waals surface area contributed by atoms with E-state index in [-0.39, 0.29) is 29.3 Å². The number of halogens is 1. The molecule has 0 radical (unpaired) electrons. The Morgan fingerprint density at radius 1 is 1.35 bits per heavy atom. The van der Waals surface area contributed by atoms with Crippen molar-refractivity contribution in [3.05, 3.63) is 41.5 Å². The van der Waals surface area contributed by atoms with Crippen LogP contribution >= 0.6 is 0 Å². The lowest BCUT2D eigenvalue weighted by Crippen LogP contribution is -2.47. The number of aryl methyl sites for hydroxylation is 1. The fourth-order valence-electron chi connectivity index (χ4n) is 2.75. The first kappa shape index (κ1) is 18.0. The van der Waals surface area contributed by atoms with E-state index in [1.807, 2.05) is 13.0 Å². The first-order chi connectivity index (χ1) is 12.4. The molecule has 1 aliphatic heterocycles. The number of nitrogens with two attached hydrogens (primary N) is 2. The molecule has 2 unspecified atom stereocenters. The molecule has 0 aliphatic carbocycles. The Balaban J connectivity index is 1.92. The number of hydrogen-bond acceptors (Lipinski definition) is 7. The van der Waals surface area contributed by atoms with Gasteiger partial charge in [0.1, 0.15) is 5.82 Å². The van der Waals surface area contributed by atoms with Crippen molar-refractivity contribution in [2.45, 2.75) is 25.4 Å². The van der Waals surface area contributed by atoms with E-state index in [2.05, 4.69) is 20.6 Å². The molecule has 9 heteroatoms. The Hall–Kier alpha value is -2.78. The molecule has 1 aliphatic rings. The molecule has 3 heterocycles. The van der Waals surface area contributed by atoms with Crippen molar-refractivity contribution in [1.82, 2.24) is 9.97 Å². The molecule has 6 N–H and O–H groups in total. The summed E-state index contributed by atoms with van der Waals surface area (Å²) in [6.07, 6.45) is 3.90. The molecule has 26 heavy (non-hydrogen) atoms. The maximum Gasteiger partial charge on any atom is 0.252 e. The van der Waals surface area contributed by atoms with E-state index in [0.717, 1.165) is 11.6 Å². The average molecular weight is 360 g/mol. The third-order valence-corrected chi connectivity index (χ3v) is 4.10. The average Bonchev–Trinajstić information content (AvgIpc) is 2.59. The molecule has 2 aromatic rings. The number of aromatic nitrogens is 2. The van der Waals surface area contributed by atoms with E-state index in [0.29, 0.717) is 25.3 Å². The third-order valence-electron chi connectivity index (χ3n) is 4.10. The van der Waals surface area contributed by atoms with E-state index in [9.17, 15) is 9.18 Å². The molecular weight excluding hydrogens is 339 g/mol. The molecule has 0 aromatic carbocycles. The van der Waals surface area contributed by atoms with E-state index in [1.54, 1.807) is 12.4 Å². The standard InChI is InChI=1S/C17H21FN6O2/c1-9-4-10(7-21-6-9)22-16-11(15(20)25)5-12(18)17(24-16)23-14-2-3-26-8-13(14)19/h4-7,13-14H,2-3,8,19H2,1H3,(H2,20,25)(H2,22,23,24). The lowest BCUT2D eigenvalue weighted by molar-refractivity contribution is 0.0751. The van der Waals surface area contributed by atoms with Crippen LogP contribution in [0.15, 0.2) is 24.5 Å². The van der Waals surface area contributed by atoms with E-state index >= 15 is 0 Å². The topological polar surface area (TPSA) is 128 Å². The van der Waals surface area contributed by atoms with Crippen molar-refractivity contribution in [2.24, 2.45) is 11.5 Å². The molecule has 0 saturated carbocycles. The number of anilines is 3. The van der Waals surface area contributed by atoms with Crippen LogP contribution in [0.2, 0.25) is 0 Å². The number of ether oxygens (including phenoxy) is 1. The second-order valence-corrected chi connectivity index (χ2v) is 6.23. The minimum atomic E-state index is -0.783. The molecule has 3 rings (SSSR count). The normalized spacial score (nSPS) is 19.8. The fraction of sp³-hybridized carbons (Fsp3) is 0.353. The molecular formula is C17H21FN6O2. The first-order valence-corrected chi connectivity index (χ1v) is 8.23. The zero-order valence-electron chi connectivity index (χ0n) is 14.3. The van der Waals surface area contributed by atoms with Crippen LogP contribution in [0.3, 0.4) is 0 Å². The maximum atomic E-state index is 14.4. The molecule has 0 bridgehead atoms. The second kappa shape index (κ2) is 7.63. The summed E-state index contributed by atoms with van der Waals surface area (Å²) in [5, 5.41) is 5.98. The van der Waals surface area contributed by atoms with Crippen molar-refractivity contribution in [1.29, 1.82) is 0 Å². The summed E-state index contributed by atoms with van der Waals surface area (Å²) < 4.78 is 19.7. The van der Waals surface area contributed by atoms with Crippen LogP contribution < -0.4 is 22.1 Å². The van der Waals surface area contributed by atoms with Gasteiger partial charge < -0.3 is 26.8 Å². The van der Waals surface area contributed by atoms with E-state index < -0.39 is 11.7 Å². The zero-order chi connectivity index (χ0) is 18.7. The van der Waals surface area contributed by atoms with Gasteiger partial charge >= 0.3 is 0 Å². The van der Waals surface area contributed by atoms with Crippen molar-refractivity contribution in [3.8, 4) is 0 Å². The lowest BCUT2D eigenvalue weighted by Gasteiger charge is -2.30. The van der Waals surface area contributed by atoms with E-state index in [4.69, 9.17) is 16.2 Å². The largest absolute Gasteiger partial charge is 0.380 e. The molecule has 2 aromatic heterocycles. The van der Waals surface area contributed by atoms with Crippen LogP contribution in [-0.2, 0) is 4.74 Å². The van der Waals surface area contributed by atoms with Crippen LogP contribution in [0.5, 0.6) is 0 Å². The van der Waals surface area contributed by atoms with Gasteiger partial charge in [-0.3, -0.25) is 9.78 Å². The number of nitrogens with zero attached hydrogens (tertiary/aromatic N) is 2. The van der Waals surface area contributed by atoms with Crippen molar-refractivity contribution in [3.63, 3.8) is 0 Å². The number of primary amides is 1. The van der Waals surface area contributed by atoms with Gasteiger partial charge in [0.05, 0.1) is 24.1 Å². The summed E-state index contributed by atoms with van der Waals surface area (Å²) in [6.45, 7) is 2.80. The Labute approximate surface area is 150 Å². The predicted molar refractivity (Wildman–Crippen MR) is 95.8 cm³/mol. The molecule has 2 atom stereocenters. The Kier molecular flexibility index (Phi) is 5.29. The van der Waals surface area contributed by atoms with Gasteiger partial charge in [-0.15, -0.1) is 0 Å². The minimum Gasteiger partial charge on any atom is -0.380 e. The highest BCUT2D eigenvalue weighted by Crippen LogP contribution is 2.25. The van der Waals surface area contributed by atoms with Gasteiger partial charge in [0, 0.05) is 24.9 Å². The van der Waals surface area contributed by atoms with Crippen LogP contribution in [-0.4, -0.2) is 41.2 Å². The number of amides is 1. The Morgan fingerprint density at radius 2 is 2.15 bits per heavy atom. The molecule has 1 saturated heterocycles. The fourth-order valence-corrected chi connectivity index (χ4v) is 2.75. The number of carbonyl (C=O) groups excluding carboxylic acids is 1. The quantitative estimate of drug-likeness (QED) is 0.632. The summed E-state index contributed by atoms with van der Waals surface area (Å²) in [4.78, 5) is 20.0. The van der Waals surface area contributed by atoms with Crippen molar-refractivity contribution >= 4 is 23.2 Å². The van der Waals surface area contributed by atoms with Crippen LogP contribution in [0.1, 0.15) is 22.3 Å². The molecule has 1 amide bonds. The number of carbonyl (C=O) groups is 1. The van der Waals surface area contributed by atoms with E-state index in [1.165, 1.54) is 0 Å². The zero-order valence-corrected chi connectivity index (χ0v) is 14.3. The molecule has 138 valence electrons. The summed E-state index contributed by atoms with van der Waals surface area (Å²) in [5.74, 6) is -1.31. The lowest BCUT2D eigenvalue weighted by atomic mass is 10.0. The summed E-state index contributed by atoms with van der Waals surface area (Å²) in [7, 11) is 0. The molecule has 8 nitrogen and oxygen atoms in total. The highest BCUT2D eigenvalue weighted by molar-refractivity contribution is 5.98. The number of rotatable bonds is 5. The van der Waals surface area contributed by atoms with Crippen molar-refractivity contribution < 1.29 is 13.9 Å². The van der Waals surface area contributed by atoms with Crippen LogP contribution in [0.25, 0.3) is 0 Å². The summed E-state index contributed by atoms with van der Waals surface area (Å²) >= 11 is 0. The van der Waals surface area contributed by atoms with Crippen LogP contribution in [0.4, 0.5) is 21.7 Å². The number of nitrogens with one attached hydrogen (secondary N) is 2. The summed E-state index contributed by atoms with van der Waals surface area (Å²) in [5.41, 5.74) is 12.8. The predicted octanol–water partition coefficient (Wildman–Crippen LogP) is 1.29. The highest BCUT2D eigenvalue weighted by atomic mass is 19.1. The number of pyridine rings is 2. The van der Waals surface area contributed by atoms with Gasteiger partial charge in [-0.1, -0.05) is 0 Å². The van der Waals surface area contributed by atoms with Gasteiger partial charge in [-0.2, -0.15) is 0 Å². The molecule has 1 fully saturated rings. The Morgan fingerprint density at radius 3 is 2.85 bits per heavy atom. The number of hydrogen-bond donors (Lipinski definition) is 4. The first-order valence-electron chi connectivity index (χ1n) is 8.23. The van der Waals surface area contributed by atoms with Gasteiger partial charge in [-0.05, 0) is 31.0 Å². The molecule has 0 spiro atoms. The maximum absolute atomic E-state index is 14.4. The third kappa shape index (κ3) is 4.06. The Bertz CT molecular complexity index is 816. The highest BCUT2D eigenvalue weighted by Gasteiger charge is 2.25. The second-order valence-electron chi connectivity index (χ2n) is 6.23. The van der Waals surface area contributed by atoms with Gasteiger partial charge in [0.15, 0.2) is 11.6 Å². The smallest absolute Gasteiger partial charge is 0.252 e. The minimum absolute atomic E-state index is 0.000428.